The van der Waals surface area contributed by atoms with Crippen LogP contribution in [0.3, 0.4) is 0 Å². The Labute approximate surface area is 162 Å². The largest absolute Gasteiger partial charge is 0.354 e. The highest BCUT2D eigenvalue weighted by molar-refractivity contribution is 5.20. The normalized spacial score (nSPS) is 24.0. The molecular weight excluding hydrogens is 314 g/mol. The first-order chi connectivity index (χ1) is 12.7. The molecule has 2 aliphatic rings. The SMILES string of the molecule is Cc1cn(CCCCCCCCCCCCC2CC3C=CC2C3)cc1C. The quantitative estimate of drug-likeness (QED) is 0.253. The molecule has 0 spiro atoms. The third-order valence-corrected chi connectivity index (χ3v) is 7.00. The highest BCUT2D eigenvalue weighted by Crippen LogP contribution is 2.45. The summed E-state index contributed by atoms with van der Waals surface area (Å²) in [7, 11) is 0. The van der Waals surface area contributed by atoms with E-state index >= 15 is 0 Å². The van der Waals surface area contributed by atoms with Gasteiger partial charge >= 0.3 is 0 Å². The molecule has 0 aliphatic heterocycles. The summed E-state index contributed by atoms with van der Waals surface area (Å²) in [5.74, 6) is 2.97. The van der Waals surface area contributed by atoms with E-state index < -0.39 is 0 Å². The first-order valence-electron chi connectivity index (χ1n) is 11.5. The van der Waals surface area contributed by atoms with Crippen LogP contribution in [0.15, 0.2) is 24.5 Å². The minimum atomic E-state index is 0.960. The number of hydrogen-bond acceptors (Lipinski definition) is 0. The minimum Gasteiger partial charge on any atom is -0.354 e. The number of hydrogen-bond donors (Lipinski definition) is 0. The fourth-order valence-electron chi connectivity index (χ4n) is 5.21. The van der Waals surface area contributed by atoms with Crippen LogP contribution in [0.4, 0.5) is 0 Å². The van der Waals surface area contributed by atoms with Crippen molar-refractivity contribution >= 4 is 0 Å². The fourth-order valence-corrected chi connectivity index (χ4v) is 5.21. The molecule has 3 unspecified atom stereocenters. The molecule has 0 N–H and O–H groups in total. The Hall–Kier alpha value is -0.980. The average molecular weight is 356 g/mol. The number of unbranched alkanes of at least 4 members (excludes halogenated alkanes) is 9. The summed E-state index contributed by atoms with van der Waals surface area (Å²) in [5, 5.41) is 0. The highest BCUT2D eigenvalue weighted by Gasteiger charge is 2.34. The lowest BCUT2D eigenvalue weighted by molar-refractivity contribution is 0.393. The van der Waals surface area contributed by atoms with Crippen molar-refractivity contribution in [3.8, 4) is 0 Å². The smallest absolute Gasteiger partial charge is 0.0219 e. The Morgan fingerprint density at radius 3 is 1.85 bits per heavy atom. The molecule has 1 aromatic heterocycles. The van der Waals surface area contributed by atoms with Gasteiger partial charge in [0, 0.05) is 18.9 Å². The molecule has 1 heteroatoms. The van der Waals surface area contributed by atoms with E-state index in [-0.39, 0.29) is 0 Å². The summed E-state index contributed by atoms with van der Waals surface area (Å²) in [5.41, 5.74) is 2.86. The topological polar surface area (TPSA) is 4.93 Å². The molecule has 0 saturated heterocycles. The molecular formula is C25H41N. The van der Waals surface area contributed by atoms with E-state index in [0.717, 1.165) is 17.8 Å². The van der Waals surface area contributed by atoms with Crippen LogP contribution in [-0.2, 0) is 6.54 Å². The summed E-state index contributed by atoms with van der Waals surface area (Å²) in [4.78, 5) is 0. The zero-order valence-corrected chi connectivity index (χ0v) is 17.4. The molecule has 0 amide bonds. The van der Waals surface area contributed by atoms with Crippen LogP contribution in [0.25, 0.3) is 0 Å². The number of aryl methyl sites for hydroxylation is 3. The average Bonchev–Trinajstić information content (AvgIpc) is 3.32. The van der Waals surface area contributed by atoms with Gasteiger partial charge in [0.15, 0.2) is 0 Å². The van der Waals surface area contributed by atoms with E-state index in [1.807, 2.05) is 0 Å². The molecule has 26 heavy (non-hydrogen) atoms. The highest BCUT2D eigenvalue weighted by atomic mass is 14.9. The first kappa shape index (κ1) is 19.8. The van der Waals surface area contributed by atoms with Crippen LogP contribution < -0.4 is 0 Å². The lowest BCUT2D eigenvalue weighted by atomic mass is 9.88. The predicted molar refractivity (Wildman–Crippen MR) is 114 cm³/mol. The van der Waals surface area contributed by atoms with Gasteiger partial charge in [-0.15, -0.1) is 0 Å². The van der Waals surface area contributed by atoms with Crippen molar-refractivity contribution in [1.82, 2.24) is 4.57 Å². The summed E-state index contributed by atoms with van der Waals surface area (Å²) in [6.45, 7) is 5.62. The Kier molecular flexibility index (Phi) is 7.89. The maximum Gasteiger partial charge on any atom is 0.0219 e. The van der Waals surface area contributed by atoms with Crippen molar-refractivity contribution < 1.29 is 0 Å². The Morgan fingerprint density at radius 2 is 1.31 bits per heavy atom. The Bertz CT molecular complexity index is 533. The second-order valence-corrected chi connectivity index (χ2v) is 9.23. The van der Waals surface area contributed by atoms with Crippen molar-refractivity contribution in [2.75, 3.05) is 0 Å². The zero-order valence-electron chi connectivity index (χ0n) is 17.4. The van der Waals surface area contributed by atoms with Crippen LogP contribution in [0.2, 0.25) is 0 Å². The molecule has 1 fully saturated rings. The standard InChI is InChI=1S/C25H41N/c1-21-19-26(20-22(21)2)16-12-10-8-6-4-3-5-7-9-11-13-24-17-23-14-15-25(24)18-23/h14-15,19-20,23-25H,3-13,16-18H2,1-2H3. The van der Waals surface area contributed by atoms with Gasteiger partial charge in [0.25, 0.3) is 0 Å². The van der Waals surface area contributed by atoms with Crippen molar-refractivity contribution in [2.24, 2.45) is 17.8 Å². The molecule has 1 saturated carbocycles. The molecule has 1 heterocycles. The molecule has 146 valence electrons. The van der Waals surface area contributed by atoms with Crippen LogP contribution in [0.5, 0.6) is 0 Å². The van der Waals surface area contributed by atoms with Gasteiger partial charge in [-0.25, -0.2) is 0 Å². The summed E-state index contributed by atoms with van der Waals surface area (Å²) < 4.78 is 2.37. The van der Waals surface area contributed by atoms with Gasteiger partial charge < -0.3 is 4.57 Å². The molecule has 0 aromatic carbocycles. The van der Waals surface area contributed by atoms with E-state index in [0.29, 0.717) is 0 Å². The maximum absolute atomic E-state index is 2.51. The second-order valence-electron chi connectivity index (χ2n) is 9.23. The number of nitrogens with zero attached hydrogens (tertiary/aromatic N) is 1. The van der Waals surface area contributed by atoms with Crippen molar-refractivity contribution in [2.45, 2.75) is 104 Å². The summed E-state index contributed by atoms with van der Waals surface area (Å²) in [6, 6.07) is 0. The van der Waals surface area contributed by atoms with Gasteiger partial charge in [0.2, 0.25) is 0 Å². The summed E-state index contributed by atoms with van der Waals surface area (Å²) in [6.07, 6.45) is 28.5. The molecule has 2 bridgehead atoms. The van der Waals surface area contributed by atoms with E-state index in [1.54, 1.807) is 0 Å². The second kappa shape index (κ2) is 10.4. The summed E-state index contributed by atoms with van der Waals surface area (Å²) >= 11 is 0. The van der Waals surface area contributed by atoms with E-state index in [2.05, 4.69) is 43.0 Å². The molecule has 1 nitrogen and oxygen atoms in total. The fraction of sp³-hybridized carbons (Fsp3) is 0.760. The van der Waals surface area contributed by atoms with Crippen LogP contribution in [0.1, 0.15) is 94.6 Å². The lowest BCUT2D eigenvalue weighted by Gasteiger charge is -2.17. The van der Waals surface area contributed by atoms with Gasteiger partial charge in [-0.1, -0.05) is 69.9 Å². The zero-order chi connectivity index (χ0) is 18.2. The number of rotatable bonds is 13. The van der Waals surface area contributed by atoms with Crippen LogP contribution in [0, 0.1) is 31.6 Å². The van der Waals surface area contributed by atoms with Gasteiger partial charge in [-0.05, 0) is 68.4 Å². The van der Waals surface area contributed by atoms with E-state index in [9.17, 15) is 0 Å². The van der Waals surface area contributed by atoms with Crippen molar-refractivity contribution in [1.29, 1.82) is 0 Å². The lowest BCUT2D eigenvalue weighted by Crippen LogP contribution is -2.06. The Morgan fingerprint density at radius 1 is 0.731 bits per heavy atom. The monoisotopic (exact) mass is 355 g/mol. The number of aromatic nitrogens is 1. The van der Waals surface area contributed by atoms with Crippen molar-refractivity contribution in [3.63, 3.8) is 0 Å². The third-order valence-electron chi connectivity index (χ3n) is 7.00. The number of allylic oxidation sites excluding steroid dienone is 2. The maximum atomic E-state index is 2.51. The Balaban J connectivity index is 1.07. The molecule has 2 aliphatic carbocycles. The van der Waals surface area contributed by atoms with Gasteiger partial charge in [0.1, 0.15) is 0 Å². The molecule has 0 radical (unpaired) electrons. The van der Waals surface area contributed by atoms with Crippen molar-refractivity contribution in [3.05, 3.63) is 35.7 Å². The van der Waals surface area contributed by atoms with Gasteiger partial charge in [-0.2, -0.15) is 0 Å². The predicted octanol–water partition coefficient (Wildman–Crippen LogP) is 7.61. The van der Waals surface area contributed by atoms with Gasteiger partial charge in [0.05, 0.1) is 0 Å². The van der Waals surface area contributed by atoms with E-state index in [1.165, 1.54) is 101 Å². The third kappa shape index (κ3) is 6.03. The molecule has 3 rings (SSSR count). The molecule has 1 aromatic rings. The van der Waals surface area contributed by atoms with E-state index in [4.69, 9.17) is 0 Å². The minimum absolute atomic E-state index is 0.960. The first-order valence-corrected chi connectivity index (χ1v) is 11.5. The molecule has 3 atom stereocenters. The van der Waals surface area contributed by atoms with Gasteiger partial charge in [-0.3, -0.25) is 0 Å². The number of fused-ring (bicyclic) bond motifs is 2. The van der Waals surface area contributed by atoms with Crippen LogP contribution >= 0.6 is 0 Å². The van der Waals surface area contributed by atoms with Crippen LogP contribution in [-0.4, -0.2) is 4.57 Å².